The molecule has 0 aliphatic carbocycles. The van der Waals surface area contributed by atoms with E-state index in [0.717, 1.165) is 25.1 Å². The second-order valence-corrected chi connectivity index (χ2v) is 3.51. The number of hydrogen-bond donors (Lipinski definition) is 2. The summed E-state index contributed by atoms with van der Waals surface area (Å²) < 4.78 is 13.0. The van der Waals surface area contributed by atoms with Crippen molar-refractivity contribution in [3.63, 3.8) is 0 Å². The van der Waals surface area contributed by atoms with Crippen LogP contribution in [0, 0.1) is 5.82 Å². The summed E-state index contributed by atoms with van der Waals surface area (Å²) in [5, 5.41) is 3.25. The van der Waals surface area contributed by atoms with Crippen LogP contribution in [-0.2, 0) is 0 Å². The average Bonchev–Trinajstić information content (AvgIpc) is 2.53. The van der Waals surface area contributed by atoms with Gasteiger partial charge in [0.2, 0.25) is 0 Å². The maximum absolute atomic E-state index is 13.0. The molecule has 1 aromatic carbocycles. The lowest BCUT2D eigenvalue weighted by Gasteiger charge is -2.09. The molecule has 0 aromatic heterocycles. The Hall–Kier alpha value is -1.09. The highest BCUT2D eigenvalue weighted by Gasteiger charge is 2.17. The molecular weight excluding hydrogens is 167 g/mol. The van der Waals surface area contributed by atoms with Gasteiger partial charge in [0, 0.05) is 12.2 Å². The van der Waals surface area contributed by atoms with Crippen molar-refractivity contribution in [3.8, 4) is 0 Å². The van der Waals surface area contributed by atoms with Crippen molar-refractivity contribution in [2.45, 2.75) is 12.3 Å². The van der Waals surface area contributed by atoms with Crippen molar-refractivity contribution in [2.75, 3.05) is 18.8 Å². The first-order valence-electron chi connectivity index (χ1n) is 4.52. The van der Waals surface area contributed by atoms with Gasteiger partial charge in [-0.05, 0) is 42.6 Å². The maximum Gasteiger partial charge on any atom is 0.125 e. The molecular formula is C10H13FN2. The van der Waals surface area contributed by atoms with Crippen LogP contribution in [0.1, 0.15) is 17.9 Å². The molecule has 0 radical (unpaired) electrons. The van der Waals surface area contributed by atoms with E-state index < -0.39 is 0 Å². The van der Waals surface area contributed by atoms with E-state index in [-0.39, 0.29) is 5.82 Å². The largest absolute Gasteiger partial charge is 0.399 e. The van der Waals surface area contributed by atoms with Gasteiger partial charge in [0.1, 0.15) is 5.82 Å². The van der Waals surface area contributed by atoms with E-state index in [4.69, 9.17) is 5.73 Å². The fraction of sp³-hybridized carbons (Fsp3) is 0.400. The molecule has 1 aliphatic rings. The fourth-order valence-corrected chi connectivity index (χ4v) is 1.81. The first kappa shape index (κ1) is 8.51. The molecule has 2 rings (SSSR count). The Balaban J connectivity index is 2.28. The molecule has 2 nitrogen and oxygen atoms in total. The number of nitrogen functional groups attached to an aromatic ring is 1. The third kappa shape index (κ3) is 1.80. The molecule has 70 valence electrons. The number of anilines is 1. The van der Waals surface area contributed by atoms with E-state index >= 15 is 0 Å². The van der Waals surface area contributed by atoms with Gasteiger partial charge in [-0.15, -0.1) is 0 Å². The minimum absolute atomic E-state index is 0.234. The number of benzene rings is 1. The maximum atomic E-state index is 13.0. The number of halogens is 1. The quantitative estimate of drug-likeness (QED) is 0.642. The number of nitrogens with one attached hydrogen (secondary N) is 1. The lowest BCUT2D eigenvalue weighted by molar-refractivity contribution is 0.622. The summed E-state index contributed by atoms with van der Waals surface area (Å²) >= 11 is 0. The predicted molar refractivity (Wildman–Crippen MR) is 51.0 cm³/mol. The summed E-state index contributed by atoms with van der Waals surface area (Å²) in [4.78, 5) is 0. The van der Waals surface area contributed by atoms with Gasteiger partial charge in [0.15, 0.2) is 0 Å². The molecule has 1 fully saturated rings. The van der Waals surface area contributed by atoms with E-state index in [2.05, 4.69) is 5.32 Å². The van der Waals surface area contributed by atoms with Gasteiger partial charge in [0.05, 0.1) is 0 Å². The van der Waals surface area contributed by atoms with Crippen LogP contribution in [0.5, 0.6) is 0 Å². The van der Waals surface area contributed by atoms with Gasteiger partial charge in [0.25, 0.3) is 0 Å². The van der Waals surface area contributed by atoms with Crippen molar-refractivity contribution >= 4 is 5.69 Å². The van der Waals surface area contributed by atoms with Gasteiger partial charge >= 0.3 is 0 Å². The zero-order valence-electron chi connectivity index (χ0n) is 7.39. The fourth-order valence-electron chi connectivity index (χ4n) is 1.81. The normalized spacial score (nSPS) is 22.1. The van der Waals surface area contributed by atoms with E-state index in [1.165, 1.54) is 6.07 Å². The summed E-state index contributed by atoms with van der Waals surface area (Å²) in [6, 6.07) is 4.79. The number of hydrogen-bond acceptors (Lipinski definition) is 2. The minimum Gasteiger partial charge on any atom is -0.399 e. The third-order valence-corrected chi connectivity index (χ3v) is 2.47. The van der Waals surface area contributed by atoms with Gasteiger partial charge in [-0.25, -0.2) is 4.39 Å². The Labute approximate surface area is 76.9 Å². The molecule has 1 aromatic rings. The van der Waals surface area contributed by atoms with Crippen molar-refractivity contribution in [2.24, 2.45) is 0 Å². The molecule has 3 N–H and O–H groups in total. The molecule has 1 heterocycles. The summed E-state index contributed by atoms with van der Waals surface area (Å²) in [5.74, 6) is 0.194. The lowest BCUT2D eigenvalue weighted by Crippen LogP contribution is -2.08. The highest BCUT2D eigenvalue weighted by atomic mass is 19.1. The monoisotopic (exact) mass is 180 g/mol. The molecule has 1 aliphatic heterocycles. The molecule has 1 saturated heterocycles. The van der Waals surface area contributed by atoms with E-state index in [1.807, 2.05) is 6.07 Å². The Morgan fingerprint density at radius 1 is 1.38 bits per heavy atom. The molecule has 1 atom stereocenters. The first-order valence-corrected chi connectivity index (χ1v) is 4.52. The van der Waals surface area contributed by atoms with Crippen LogP contribution < -0.4 is 11.1 Å². The highest BCUT2D eigenvalue weighted by Crippen LogP contribution is 2.24. The van der Waals surface area contributed by atoms with Gasteiger partial charge in [-0.2, -0.15) is 0 Å². The average molecular weight is 180 g/mol. The lowest BCUT2D eigenvalue weighted by atomic mass is 9.98. The van der Waals surface area contributed by atoms with Crippen LogP contribution in [0.3, 0.4) is 0 Å². The summed E-state index contributed by atoms with van der Waals surface area (Å²) in [7, 11) is 0. The summed E-state index contributed by atoms with van der Waals surface area (Å²) in [6.07, 6.45) is 1.07. The third-order valence-electron chi connectivity index (χ3n) is 2.47. The first-order chi connectivity index (χ1) is 6.25. The zero-order valence-corrected chi connectivity index (χ0v) is 7.39. The summed E-state index contributed by atoms with van der Waals surface area (Å²) in [6.45, 7) is 1.95. The molecule has 13 heavy (non-hydrogen) atoms. The predicted octanol–water partition coefficient (Wildman–Crippen LogP) is 1.48. The Kier molecular flexibility index (Phi) is 2.19. The van der Waals surface area contributed by atoms with Crippen molar-refractivity contribution in [1.29, 1.82) is 0 Å². The molecule has 3 heteroatoms. The second kappa shape index (κ2) is 3.34. The minimum atomic E-state index is -0.234. The highest BCUT2D eigenvalue weighted by molar-refractivity contribution is 5.42. The van der Waals surface area contributed by atoms with Gasteiger partial charge in [-0.3, -0.25) is 0 Å². The van der Waals surface area contributed by atoms with Crippen molar-refractivity contribution in [1.82, 2.24) is 5.32 Å². The van der Waals surface area contributed by atoms with Crippen LogP contribution in [0.2, 0.25) is 0 Å². The van der Waals surface area contributed by atoms with Crippen LogP contribution in [0.15, 0.2) is 18.2 Å². The van der Waals surface area contributed by atoms with Crippen LogP contribution in [0.25, 0.3) is 0 Å². The SMILES string of the molecule is Nc1cc(F)cc([C@H]2CCNC2)c1. The number of rotatable bonds is 1. The van der Waals surface area contributed by atoms with Crippen molar-refractivity contribution in [3.05, 3.63) is 29.6 Å². The molecule has 0 saturated carbocycles. The Morgan fingerprint density at radius 2 is 2.23 bits per heavy atom. The molecule has 0 amide bonds. The van der Waals surface area contributed by atoms with Gasteiger partial charge < -0.3 is 11.1 Å². The standard InChI is InChI=1S/C10H13FN2/c11-9-3-8(4-10(12)5-9)7-1-2-13-6-7/h3-5,7,13H,1-2,6,12H2/t7-/m0/s1. The summed E-state index contributed by atoms with van der Waals surface area (Å²) in [5.41, 5.74) is 7.10. The zero-order chi connectivity index (χ0) is 9.26. The topological polar surface area (TPSA) is 38.0 Å². The smallest absolute Gasteiger partial charge is 0.125 e. The molecule has 0 spiro atoms. The van der Waals surface area contributed by atoms with E-state index in [9.17, 15) is 4.39 Å². The molecule has 0 bridgehead atoms. The Bertz CT molecular complexity index is 286. The molecule has 0 unspecified atom stereocenters. The van der Waals surface area contributed by atoms with Gasteiger partial charge in [-0.1, -0.05) is 0 Å². The van der Waals surface area contributed by atoms with Crippen LogP contribution in [-0.4, -0.2) is 13.1 Å². The van der Waals surface area contributed by atoms with Crippen molar-refractivity contribution < 1.29 is 4.39 Å². The van der Waals surface area contributed by atoms with E-state index in [0.29, 0.717) is 11.6 Å². The van der Waals surface area contributed by atoms with Crippen LogP contribution >= 0.6 is 0 Å². The number of nitrogens with two attached hydrogens (primary N) is 1. The Morgan fingerprint density at radius 3 is 2.85 bits per heavy atom. The second-order valence-electron chi connectivity index (χ2n) is 3.51. The van der Waals surface area contributed by atoms with E-state index in [1.54, 1.807) is 6.07 Å². The van der Waals surface area contributed by atoms with Crippen LogP contribution in [0.4, 0.5) is 10.1 Å².